The average molecular weight is 274 g/mol. The maximum atomic E-state index is 12.1. The first-order valence-corrected chi connectivity index (χ1v) is 6.81. The largest absolute Gasteiger partial charge is 0.508 e. The number of aromatic hydroxyl groups is 1. The van der Waals surface area contributed by atoms with Gasteiger partial charge in [0.1, 0.15) is 5.75 Å². The summed E-state index contributed by atoms with van der Waals surface area (Å²) in [5.41, 5.74) is 0.605. The predicted octanol–water partition coefficient (Wildman–Crippen LogP) is 2.06. The van der Waals surface area contributed by atoms with Gasteiger partial charge in [-0.05, 0) is 42.5 Å². The third kappa shape index (κ3) is 3.03. The van der Waals surface area contributed by atoms with Crippen LogP contribution >= 0.6 is 0 Å². The molecule has 0 aliphatic rings. The quantitative estimate of drug-likeness (QED) is 0.838. The van der Waals surface area contributed by atoms with Crippen molar-refractivity contribution in [3.05, 3.63) is 54.1 Å². The van der Waals surface area contributed by atoms with E-state index in [1.54, 1.807) is 0 Å². The minimum atomic E-state index is -3.74. The summed E-state index contributed by atoms with van der Waals surface area (Å²) in [4.78, 5) is 0.0135. The molecule has 2 N–H and O–H groups in total. The molecular weight excluding hydrogens is 264 g/mol. The summed E-state index contributed by atoms with van der Waals surface area (Å²) >= 11 is 0. The van der Waals surface area contributed by atoms with Gasteiger partial charge < -0.3 is 5.11 Å². The first-order chi connectivity index (χ1) is 9.01. The summed E-state index contributed by atoms with van der Waals surface area (Å²) < 4.78 is 26.5. The molecule has 0 aliphatic heterocycles. The molecule has 0 bridgehead atoms. The SMILES string of the molecule is N#Cc1cccc(S(=O)(=O)Nc2ccc(O)cc2)c1. The molecule has 0 amide bonds. The summed E-state index contributed by atoms with van der Waals surface area (Å²) in [7, 11) is -3.74. The molecule has 0 saturated carbocycles. The lowest BCUT2D eigenvalue weighted by molar-refractivity contribution is 0.475. The highest BCUT2D eigenvalue weighted by Crippen LogP contribution is 2.19. The van der Waals surface area contributed by atoms with Crippen molar-refractivity contribution < 1.29 is 13.5 Å². The Morgan fingerprint density at radius 2 is 1.79 bits per heavy atom. The van der Waals surface area contributed by atoms with E-state index in [2.05, 4.69) is 4.72 Å². The first kappa shape index (κ1) is 12.9. The number of sulfonamides is 1. The zero-order valence-corrected chi connectivity index (χ0v) is 10.6. The lowest BCUT2D eigenvalue weighted by atomic mass is 10.2. The number of phenolic OH excluding ortho intramolecular Hbond substituents is 1. The van der Waals surface area contributed by atoms with Crippen molar-refractivity contribution in [3.8, 4) is 11.8 Å². The summed E-state index contributed by atoms with van der Waals surface area (Å²) in [5.74, 6) is 0.0504. The van der Waals surface area contributed by atoms with E-state index in [0.29, 0.717) is 5.69 Å². The molecule has 0 aromatic heterocycles. The molecule has 2 aromatic rings. The standard InChI is InChI=1S/C13H10N2O3S/c14-9-10-2-1-3-13(8-10)19(17,18)15-11-4-6-12(16)7-5-11/h1-8,15-16H. The number of benzene rings is 2. The second-order valence-corrected chi connectivity index (χ2v) is 5.47. The maximum Gasteiger partial charge on any atom is 0.261 e. The van der Waals surface area contributed by atoms with Crippen LogP contribution in [0.2, 0.25) is 0 Å². The molecule has 2 aromatic carbocycles. The fourth-order valence-electron chi connectivity index (χ4n) is 1.48. The summed E-state index contributed by atoms with van der Waals surface area (Å²) in [6.07, 6.45) is 0. The van der Waals surface area contributed by atoms with Crippen LogP contribution in [0.4, 0.5) is 5.69 Å². The lowest BCUT2D eigenvalue weighted by Crippen LogP contribution is -2.12. The van der Waals surface area contributed by atoms with Gasteiger partial charge in [-0.25, -0.2) is 8.42 Å². The van der Waals surface area contributed by atoms with E-state index >= 15 is 0 Å². The molecule has 0 aliphatic carbocycles. The third-order valence-electron chi connectivity index (χ3n) is 2.39. The van der Waals surface area contributed by atoms with Gasteiger partial charge in [0, 0.05) is 5.69 Å². The molecule has 19 heavy (non-hydrogen) atoms. The minimum Gasteiger partial charge on any atom is -0.508 e. The van der Waals surface area contributed by atoms with Crippen molar-refractivity contribution in [2.45, 2.75) is 4.90 Å². The first-order valence-electron chi connectivity index (χ1n) is 5.33. The number of nitriles is 1. The number of rotatable bonds is 3. The fraction of sp³-hybridized carbons (Fsp3) is 0. The van der Waals surface area contributed by atoms with Crippen molar-refractivity contribution in [2.24, 2.45) is 0 Å². The Hall–Kier alpha value is -2.52. The molecule has 5 nitrogen and oxygen atoms in total. The van der Waals surface area contributed by atoms with E-state index in [1.807, 2.05) is 6.07 Å². The van der Waals surface area contributed by atoms with Gasteiger partial charge in [-0.1, -0.05) is 6.07 Å². The van der Waals surface area contributed by atoms with E-state index in [1.165, 1.54) is 48.5 Å². The summed E-state index contributed by atoms with van der Waals surface area (Å²) in [6.45, 7) is 0. The Kier molecular flexibility index (Phi) is 3.40. The molecule has 0 spiro atoms. The van der Waals surface area contributed by atoms with Gasteiger partial charge in [-0.2, -0.15) is 5.26 Å². The summed E-state index contributed by atoms with van der Waals surface area (Å²) in [5, 5.41) is 17.9. The average Bonchev–Trinajstić information content (AvgIpc) is 2.41. The second kappa shape index (κ2) is 5.00. The van der Waals surface area contributed by atoms with Crippen LogP contribution in [0.5, 0.6) is 5.75 Å². The second-order valence-electron chi connectivity index (χ2n) is 3.79. The molecule has 6 heteroatoms. The number of nitrogens with one attached hydrogen (secondary N) is 1. The van der Waals surface area contributed by atoms with Crippen LogP contribution in [0.25, 0.3) is 0 Å². The van der Waals surface area contributed by atoms with E-state index < -0.39 is 10.0 Å². The Morgan fingerprint density at radius 1 is 1.11 bits per heavy atom. The lowest BCUT2D eigenvalue weighted by Gasteiger charge is -2.08. The van der Waals surface area contributed by atoms with Gasteiger partial charge >= 0.3 is 0 Å². The van der Waals surface area contributed by atoms with Gasteiger partial charge in [0.05, 0.1) is 16.5 Å². The zero-order chi connectivity index (χ0) is 13.9. The fourth-order valence-corrected chi connectivity index (χ4v) is 2.58. The highest BCUT2D eigenvalue weighted by molar-refractivity contribution is 7.92. The molecule has 0 saturated heterocycles. The van der Waals surface area contributed by atoms with E-state index in [4.69, 9.17) is 10.4 Å². The van der Waals surface area contributed by atoms with Crippen molar-refractivity contribution in [3.63, 3.8) is 0 Å². The van der Waals surface area contributed by atoms with Gasteiger partial charge in [0.2, 0.25) is 0 Å². The van der Waals surface area contributed by atoms with Crippen LogP contribution in [0.15, 0.2) is 53.4 Å². The Labute approximate surface area is 110 Å². The maximum absolute atomic E-state index is 12.1. The molecule has 0 fully saturated rings. The molecular formula is C13H10N2O3S. The number of hydrogen-bond donors (Lipinski definition) is 2. The molecule has 96 valence electrons. The smallest absolute Gasteiger partial charge is 0.261 e. The molecule has 0 unspecified atom stereocenters. The molecule has 0 radical (unpaired) electrons. The van der Waals surface area contributed by atoms with E-state index in [9.17, 15) is 8.42 Å². The minimum absolute atomic E-state index is 0.0135. The topological polar surface area (TPSA) is 90.2 Å². The monoisotopic (exact) mass is 274 g/mol. The highest BCUT2D eigenvalue weighted by Gasteiger charge is 2.14. The van der Waals surface area contributed by atoms with Crippen LogP contribution in [0, 0.1) is 11.3 Å². The van der Waals surface area contributed by atoms with Crippen LogP contribution < -0.4 is 4.72 Å². The van der Waals surface area contributed by atoms with Crippen molar-refractivity contribution in [2.75, 3.05) is 4.72 Å². The normalized spacial score (nSPS) is 10.7. The van der Waals surface area contributed by atoms with Crippen molar-refractivity contribution in [1.82, 2.24) is 0 Å². The predicted molar refractivity (Wildman–Crippen MR) is 70.1 cm³/mol. The number of anilines is 1. The molecule has 0 heterocycles. The van der Waals surface area contributed by atoms with Crippen molar-refractivity contribution >= 4 is 15.7 Å². The molecule has 2 rings (SSSR count). The number of phenols is 1. The Morgan fingerprint density at radius 3 is 2.42 bits per heavy atom. The zero-order valence-electron chi connectivity index (χ0n) is 9.74. The van der Waals surface area contributed by atoms with E-state index in [0.717, 1.165) is 0 Å². The van der Waals surface area contributed by atoms with Crippen molar-refractivity contribution in [1.29, 1.82) is 5.26 Å². The summed E-state index contributed by atoms with van der Waals surface area (Å²) in [6, 6.07) is 13.3. The number of hydrogen-bond acceptors (Lipinski definition) is 4. The van der Waals surface area contributed by atoms with Gasteiger partial charge in [0.15, 0.2) is 0 Å². The van der Waals surface area contributed by atoms with E-state index in [-0.39, 0.29) is 16.2 Å². The Bertz CT molecular complexity index is 731. The highest BCUT2D eigenvalue weighted by atomic mass is 32.2. The van der Waals surface area contributed by atoms with Crippen LogP contribution in [-0.4, -0.2) is 13.5 Å². The van der Waals surface area contributed by atoms with Gasteiger partial charge in [-0.15, -0.1) is 0 Å². The number of nitrogens with zero attached hydrogens (tertiary/aromatic N) is 1. The third-order valence-corrected chi connectivity index (χ3v) is 3.77. The van der Waals surface area contributed by atoms with Gasteiger partial charge in [-0.3, -0.25) is 4.72 Å². The van der Waals surface area contributed by atoms with Crippen LogP contribution in [0.3, 0.4) is 0 Å². The van der Waals surface area contributed by atoms with Crippen LogP contribution in [-0.2, 0) is 10.0 Å². The molecule has 0 atom stereocenters. The van der Waals surface area contributed by atoms with Crippen LogP contribution in [0.1, 0.15) is 5.56 Å². The Balaban J connectivity index is 2.32. The van der Waals surface area contributed by atoms with Gasteiger partial charge in [0.25, 0.3) is 10.0 Å².